The highest BCUT2D eigenvalue weighted by Crippen LogP contribution is 2.23. The van der Waals surface area contributed by atoms with Gasteiger partial charge in [-0.15, -0.1) is 0 Å². The van der Waals surface area contributed by atoms with Gasteiger partial charge in [-0.2, -0.15) is 5.10 Å². The van der Waals surface area contributed by atoms with Crippen molar-refractivity contribution in [1.29, 1.82) is 0 Å². The van der Waals surface area contributed by atoms with Crippen molar-refractivity contribution in [1.82, 2.24) is 20.5 Å². The second kappa shape index (κ2) is 4.55. The Morgan fingerprint density at radius 2 is 2.21 bits per heavy atom. The Morgan fingerprint density at radius 3 is 2.86 bits per heavy atom. The van der Waals surface area contributed by atoms with Gasteiger partial charge in [-0.1, -0.05) is 6.92 Å². The van der Waals surface area contributed by atoms with Gasteiger partial charge < -0.3 is 5.32 Å². The van der Waals surface area contributed by atoms with Gasteiger partial charge in [0.1, 0.15) is 12.2 Å². The molecular formula is C10H18N4. The average molecular weight is 194 g/mol. The minimum Gasteiger partial charge on any atom is -0.307 e. The molecule has 78 valence electrons. The first-order chi connectivity index (χ1) is 6.84. The largest absolute Gasteiger partial charge is 0.307 e. The zero-order valence-corrected chi connectivity index (χ0v) is 8.66. The van der Waals surface area contributed by atoms with Gasteiger partial charge in [-0.05, 0) is 31.6 Å². The average Bonchev–Trinajstić information content (AvgIpc) is 2.70. The van der Waals surface area contributed by atoms with Gasteiger partial charge in [0.05, 0.1) is 6.54 Å². The molecule has 14 heavy (non-hydrogen) atoms. The first-order valence-electron chi connectivity index (χ1n) is 5.42. The predicted octanol–water partition coefficient (Wildman–Crippen LogP) is 1.47. The van der Waals surface area contributed by atoms with Crippen LogP contribution in [0.25, 0.3) is 0 Å². The van der Waals surface area contributed by atoms with Gasteiger partial charge >= 0.3 is 0 Å². The van der Waals surface area contributed by atoms with Crippen LogP contribution in [0.3, 0.4) is 0 Å². The summed E-state index contributed by atoms with van der Waals surface area (Å²) in [5, 5.41) is 10.2. The van der Waals surface area contributed by atoms with E-state index >= 15 is 0 Å². The van der Waals surface area contributed by atoms with Crippen molar-refractivity contribution in [2.24, 2.45) is 5.92 Å². The van der Waals surface area contributed by atoms with Gasteiger partial charge in [-0.25, -0.2) is 4.98 Å². The van der Waals surface area contributed by atoms with Gasteiger partial charge in [0.15, 0.2) is 0 Å². The SMILES string of the molecule is CC1CCC(NCc2ncn[nH]2)CC1. The lowest BCUT2D eigenvalue weighted by atomic mass is 9.87. The molecule has 1 aliphatic rings. The molecule has 0 saturated heterocycles. The minimum atomic E-state index is 0.677. The molecule has 0 bridgehead atoms. The Kier molecular flexibility index (Phi) is 3.14. The summed E-state index contributed by atoms with van der Waals surface area (Å²) in [6, 6.07) is 0.677. The summed E-state index contributed by atoms with van der Waals surface area (Å²) in [7, 11) is 0. The molecule has 4 nitrogen and oxygen atoms in total. The van der Waals surface area contributed by atoms with Crippen molar-refractivity contribution < 1.29 is 0 Å². The van der Waals surface area contributed by atoms with Crippen LogP contribution in [-0.2, 0) is 6.54 Å². The van der Waals surface area contributed by atoms with Crippen LogP contribution >= 0.6 is 0 Å². The fraction of sp³-hybridized carbons (Fsp3) is 0.800. The normalized spacial score (nSPS) is 27.8. The number of hydrogen-bond acceptors (Lipinski definition) is 3. The molecule has 0 amide bonds. The predicted molar refractivity (Wildman–Crippen MR) is 54.6 cm³/mol. The van der Waals surface area contributed by atoms with Gasteiger partial charge in [0.25, 0.3) is 0 Å². The van der Waals surface area contributed by atoms with E-state index in [2.05, 4.69) is 27.4 Å². The number of aromatic nitrogens is 3. The van der Waals surface area contributed by atoms with Crippen LogP contribution in [0, 0.1) is 5.92 Å². The maximum atomic E-state index is 4.09. The van der Waals surface area contributed by atoms with Crippen LogP contribution in [0.2, 0.25) is 0 Å². The van der Waals surface area contributed by atoms with E-state index in [1.54, 1.807) is 6.33 Å². The standard InChI is InChI=1S/C10H18N4/c1-8-2-4-9(5-3-8)11-6-10-12-7-13-14-10/h7-9,11H,2-6H2,1H3,(H,12,13,14). The molecule has 4 heteroatoms. The molecular weight excluding hydrogens is 176 g/mol. The third kappa shape index (κ3) is 2.54. The second-order valence-corrected chi connectivity index (χ2v) is 4.27. The van der Waals surface area contributed by atoms with Crippen molar-refractivity contribution >= 4 is 0 Å². The Balaban J connectivity index is 1.71. The molecule has 2 rings (SSSR count). The highest BCUT2D eigenvalue weighted by molar-refractivity contribution is 4.82. The third-order valence-electron chi connectivity index (χ3n) is 3.04. The van der Waals surface area contributed by atoms with E-state index < -0.39 is 0 Å². The van der Waals surface area contributed by atoms with Crippen LogP contribution in [0.1, 0.15) is 38.4 Å². The second-order valence-electron chi connectivity index (χ2n) is 4.27. The minimum absolute atomic E-state index is 0.677. The number of rotatable bonds is 3. The van der Waals surface area contributed by atoms with E-state index in [0.717, 1.165) is 18.3 Å². The monoisotopic (exact) mass is 194 g/mol. The molecule has 1 saturated carbocycles. The smallest absolute Gasteiger partial charge is 0.138 e. The zero-order valence-electron chi connectivity index (χ0n) is 8.66. The molecule has 0 aromatic carbocycles. The molecule has 1 aliphatic carbocycles. The molecule has 0 radical (unpaired) electrons. The maximum absolute atomic E-state index is 4.09. The van der Waals surface area contributed by atoms with E-state index in [9.17, 15) is 0 Å². The van der Waals surface area contributed by atoms with Crippen molar-refractivity contribution in [3.8, 4) is 0 Å². The molecule has 0 unspecified atom stereocenters. The first-order valence-corrected chi connectivity index (χ1v) is 5.42. The number of aromatic amines is 1. The number of H-pyrrole nitrogens is 1. The van der Waals surface area contributed by atoms with Crippen molar-refractivity contribution in [2.75, 3.05) is 0 Å². The van der Waals surface area contributed by atoms with E-state index in [1.807, 2.05) is 0 Å². The molecule has 2 N–H and O–H groups in total. The molecule has 0 spiro atoms. The van der Waals surface area contributed by atoms with Crippen LogP contribution in [0.5, 0.6) is 0 Å². The zero-order chi connectivity index (χ0) is 9.80. The van der Waals surface area contributed by atoms with Crippen LogP contribution in [0.15, 0.2) is 6.33 Å². The molecule has 1 aromatic heterocycles. The van der Waals surface area contributed by atoms with Gasteiger partial charge in [0.2, 0.25) is 0 Å². The fourth-order valence-corrected chi connectivity index (χ4v) is 2.02. The highest BCUT2D eigenvalue weighted by Gasteiger charge is 2.17. The molecule has 0 aliphatic heterocycles. The van der Waals surface area contributed by atoms with Gasteiger partial charge in [0, 0.05) is 6.04 Å². The molecule has 1 aromatic rings. The summed E-state index contributed by atoms with van der Waals surface area (Å²) in [5.41, 5.74) is 0. The van der Waals surface area contributed by atoms with Gasteiger partial charge in [-0.3, -0.25) is 5.10 Å². The lowest BCUT2D eigenvalue weighted by molar-refractivity contribution is 0.305. The number of nitrogens with zero attached hydrogens (tertiary/aromatic N) is 2. The number of hydrogen-bond donors (Lipinski definition) is 2. The Labute approximate surface area is 84.5 Å². The van der Waals surface area contributed by atoms with E-state index in [1.165, 1.54) is 25.7 Å². The van der Waals surface area contributed by atoms with Crippen LogP contribution in [0.4, 0.5) is 0 Å². The summed E-state index contributed by atoms with van der Waals surface area (Å²) >= 11 is 0. The summed E-state index contributed by atoms with van der Waals surface area (Å²) in [5.74, 6) is 1.85. The molecule has 1 fully saturated rings. The first kappa shape index (κ1) is 9.65. The summed E-state index contributed by atoms with van der Waals surface area (Å²) in [6.45, 7) is 3.16. The van der Waals surface area contributed by atoms with Crippen molar-refractivity contribution in [3.63, 3.8) is 0 Å². The molecule has 1 heterocycles. The van der Waals surface area contributed by atoms with Crippen LogP contribution < -0.4 is 5.32 Å². The lowest BCUT2D eigenvalue weighted by Gasteiger charge is -2.26. The maximum Gasteiger partial charge on any atom is 0.138 e. The third-order valence-corrected chi connectivity index (χ3v) is 3.04. The highest BCUT2D eigenvalue weighted by atomic mass is 15.2. The summed E-state index contributed by atoms with van der Waals surface area (Å²) in [4.78, 5) is 4.09. The van der Waals surface area contributed by atoms with Crippen LogP contribution in [-0.4, -0.2) is 21.2 Å². The summed E-state index contributed by atoms with van der Waals surface area (Å²) in [6.07, 6.45) is 6.87. The Morgan fingerprint density at radius 1 is 1.43 bits per heavy atom. The Hall–Kier alpha value is -0.900. The lowest BCUT2D eigenvalue weighted by Crippen LogP contribution is -2.32. The quantitative estimate of drug-likeness (QED) is 0.766. The van der Waals surface area contributed by atoms with Crippen molar-refractivity contribution in [2.45, 2.75) is 45.2 Å². The van der Waals surface area contributed by atoms with E-state index in [-0.39, 0.29) is 0 Å². The Bertz CT molecular complexity index is 249. The van der Waals surface area contributed by atoms with E-state index in [0.29, 0.717) is 6.04 Å². The summed E-state index contributed by atoms with van der Waals surface area (Å²) < 4.78 is 0. The topological polar surface area (TPSA) is 53.6 Å². The number of nitrogens with one attached hydrogen (secondary N) is 2. The fourth-order valence-electron chi connectivity index (χ4n) is 2.02. The van der Waals surface area contributed by atoms with Crippen molar-refractivity contribution in [3.05, 3.63) is 12.2 Å². The van der Waals surface area contributed by atoms with E-state index in [4.69, 9.17) is 0 Å². The molecule has 0 atom stereocenters.